The lowest BCUT2D eigenvalue weighted by atomic mass is 9.98. The zero-order valence-electron chi connectivity index (χ0n) is 22.4. The number of aliphatic imine (C=N–C) groups is 1. The summed E-state index contributed by atoms with van der Waals surface area (Å²) in [6.07, 6.45) is 1.51. The second-order valence-corrected chi connectivity index (χ2v) is 9.18. The molecule has 0 unspecified atom stereocenters. The van der Waals surface area contributed by atoms with Crippen LogP contribution in [0.15, 0.2) is 69.3 Å². The number of aromatic nitrogens is 3. The summed E-state index contributed by atoms with van der Waals surface area (Å²) in [5, 5.41) is 27.1. The van der Waals surface area contributed by atoms with Gasteiger partial charge in [0.2, 0.25) is 17.6 Å². The van der Waals surface area contributed by atoms with Crippen LogP contribution in [0.25, 0.3) is 22.4 Å². The van der Waals surface area contributed by atoms with E-state index in [2.05, 4.69) is 16.3 Å². The van der Waals surface area contributed by atoms with Crippen molar-refractivity contribution in [3.05, 3.63) is 60.3 Å². The summed E-state index contributed by atoms with van der Waals surface area (Å²) in [5.74, 6) is 0.848. The summed E-state index contributed by atoms with van der Waals surface area (Å²) in [7, 11) is 6.15. The molecule has 0 atom stereocenters. The third-order valence-electron chi connectivity index (χ3n) is 5.73. The molecular weight excluding hydrogens is 534 g/mol. The predicted octanol–water partition coefficient (Wildman–Crippen LogP) is 3.42. The Kier molecular flexibility index (Phi) is 9.56. The maximum absolute atomic E-state index is 12.7. The molecule has 206 valence electrons. The summed E-state index contributed by atoms with van der Waals surface area (Å²) in [6.45, 7) is 0.902. The van der Waals surface area contributed by atoms with Crippen LogP contribution in [0.3, 0.4) is 0 Å². The highest BCUT2D eigenvalue weighted by atomic mass is 32.2. The highest BCUT2D eigenvalue weighted by molar-refractivity contribution is 8.00. The predicted molar refractivity (Wildman–Crippen MR) is 146 cm³/mol. The number of benzene rings is 2. The van der Waals surface area contributed by atoms with Gasteiger partial charge in [-0.15, -0.1) is 0 Å². The van der Waals surface area contributed by atoms with E-state index >= 15 is 0 Å². The normalized spacial score (nSPS) is 11.2. The number of hydrogen-bond acceptors (Lipinski definition) is 11. The van der Waals surface area contributed by atoms with Crippen molar-refractivity contribution < 1.29 is 33.3 Å². The van der Waals surface area contributed by atoms with Crippen LogP contribution < -0.4 is 24.0 Å². The molecule has 0 radical (unpaired) electrons. The number of methoxy groups -OCH3 is 4. The van der Waals surface area contributed by atoms with Crippen molar-refractivity contribution in [2.24, 2.45) is 4.99 Å². The minimum atomic E-state index is -0.467. The van der Waals surface area contributed by atoms with Crippen LogP contribution in [0.2, 0.25) is 0 Å². The molecule has 0 aliphatic carbocycles. The first-order valence-corrected chi connectivity index (χ1v) is 13.0. The number of thioether (sulfide) groups is 1. The third-order valence-corrected chi connectivity index (χ3v) is 6.69. The van der Waals surface area contributed by atoms with Crippen molar-refractivity contribution >= 4 is 23.5 Å². The molecule has 0 saturated carbocycles. The average Bonchev–Trinajstić information content (AvgIpc) is 3.44. The van der Waals surface area contributed by atoms with Crippen molar-refractivity contribution in [2.45, 2.75) is 11.6 Å². The van der Waals surface area contributed by atoms with Crippen molar-refractivity contribution in [2.75, 3.05) is 40.8 Å². The second kappa shape index (κ2) is 13.5. The quantitative estimate of drug-likeness (QED) is 0.109. The fourth-order valence-corrected chi connectivity index (χ4v) is 4.64. The van der Waals surface area contributed by atoms with Gasteiger partial charge < -0.3 is 24.1 Å². The first-order chi connectivity index (χ1) is 19.5. The van der Waals surface area contributed by atoms with Gasteiger partial charge in [0.05, 0.1) is 32.6 Å². The van der Waals surface area contributed by atoms with Crippen LogP contribution in [-0.2, 0) is 11.3 Å². The molecule has 4 aromatic rings. The largest absolute Gasteiger partial charge is 0.861 e. The van der Waals surface area contributed by atoms with Gasteiger partial charge in [-0.3, -0.25) is 4.52 Å². The Hall–Kier alpha value is -4.60. The van der Waals surface area contributed by atoms with Crippen LogP contribution in [0.4, 0.5) is 5.88 Å². The van der Waals surface area contributed by atoms with E-state index in [9.17, 15) is 10.4 Å². The number of rotatable bonds is 12. The summed E-state index contributed by atoms with van der Waals surface area (Å²) >= 11 is 1.11. The van der Waals surface area contributed by atoms with Gasteiger partial charge in [0.25, 0.3) is 6.20 Å². The van der Waals surface area contributed by atoms with Gasteiger partial charge in [-0.1, -0.05) is 42.1 Å². The molecule has 2 heterocycles. The zero-order chi connectivity index (χ0) is 28.5. The topological polar surface area (TPSA) is 139 Å². The van der Waals surface area contributed by atoms with Crippen LogP contribution in [-0.4, -0.2) is 57.0 Å². The molecule has 11 nitrogen and oxygen atoms in total. The third kappa shape index (κ3) is 6.51. The molecule has 0 spiro atoms. The van der Waals surface area contributed by atoms with E-state index in [1.54, 1.807) is 19.2 Å². The van der Waals surface area contributed by atoms with Crippen LogP contribution in [0.5, 0.6) is 17.2 Å². The van der Waals surface area contributed by atoms with E-state index in [1.165, 1.54) is 32.2 Å². The molecule has 0 saturated heterocycles. The molecule has 0 fully saturated rings. The van der Waals surface area contributed by atoms with Gasteiger partial charge in [-0.25, -0.2) is 9.98 Å². The minimum absolute atomic E-state index is 0.0753. The monoisotopic (exact) mass is 561 g/mol. The fourth-order valence-electron chi connectivity index (χ4n) is 3.85. The zero-order valence-corrected chi connectivity index (χ0v) is 23.2. The van der Waals surface area contributed by atoms with Crippen molar-refractivity contribution in [3.63, 3.8) is 0 Å². The standard InChI is InChI=1S/C28H27N5O6S/c1-35-11-10-33-16-26(39-32-33)31-25(34)17-40-28-21(15-29)20(14-22(30-28)18-8-6-5-7-9-18)19-12-23(36-2)27(38-4)24(13-19)37-3/h5-9,12-14,16H,10-11,17H2,1-4H3. The second-order valence-electron chi connectivity index (χ2n) is 8.22. The van der Waals surface area contributed by atoms with Crippen LogP contribution >= 0.6 is 11.8 Å². The van der Waals surface area contributed by atoms with Gasteiger partial charge in [0, 0.05) is 24.0 Å². The summed E-state index contributed by atoms with van der Waals surface area (Å²) in [5.41, 5.74) is 3.02. The van der Waals surface area contributed by atoms with E-state index in [1.807, 2.05) is 36.4 Å². The summed E-state index contributed by atoms with van der Waals surface area (Å²) in [4.78, 5) is 8.72. The Labute approximate surface area is 235 Å². The lowest BCUT2D eigenvalue weighted by Gasteiger charge is -2.17. The number of nitrogens with zero attached hydrogens (tertiary/aromatic N) is 5. The molecule has 12 heteroatoms. The van der Waals surface area contributed by atoms with Crippen molar-refractivity contribution in [1.82, 2.24) is 10.3 Å². The first kappa shape index (κ1) is 28.4. The summed E-state index contributed by atoms with van der Waals surface area (Å²) < 4.78 is 28.1. The maximum Gasteiger partial charge on any atom is 0.320 e. The number of pyridine rings is 1. The highest BCUT2D eigenvalue weighted by Gasteiger charge is 2.20. The Morgan fingerprint density at radius 2 is 1.77 bits per heavy atom. The van der Waals surface area contributed by atoms with Gasteiger partial charge in [-0.05, 0) is 34.3 Å². The van der Waals surface area contributed by atoms with E-state index in [0.29, 0.717) is 57.8 Å². The van der Waals surface area contributed by atoms with Crippen molar-refractivity contribution in [1.29, 1.82) is 5.26 Å². The number of nitriles is 1. The molecule has 4 rings (SSSR count). The lowest BCUT2D eigenvalue weighted by Crippen LogP contribution is -2.36. The molecule has 2 aromatic heterocycles. The summed E-state index contributed by atoms with van der Waals surface area (Å²) in [6, 6.07) is 17.2. The smallest absolute Gasteiger partial charge is 0.320 e. The Bertz CT molecular complexity index is 1510. The van der Waals surface area contributed by atoms with E-state index in [4.69, 9.17) is 28.5 Å². The average molecular weight is 562 g/mol. The Morgan fingerprint density at radius 3 is 2.40 bits per heavy atom. The van der Waals surface area contributed by atoms with E-state index in [0.717, 1.165) is 17.3 Å². The molecule has 0 N–H and O–H groups in total. The molecule has 40 heavy (non-hydrogen) atoms. The van der Waals surface area contributed by atoms with E-state index in [-0.39, 0.29) is 11.6 Å². The maximum atomic E-state index is 12.7. The van der Waals surface area contributed by atoms with Crippen LogP contribution in [0, 0.1) is 11.3 Å². The van der Waals surface area contributed by atoms with Gasteiger partial charge >= 0.3 is 5.88 Å². The molecule has 2 aromatic carbocycles. The minimum Gasteiger partial charge on any atom is -0.861 e. The molecular formula is C28H27N5O6S. The molecule has 0 amide bonds. The number of hydrogen-bond donors (Lipinski definition) is 0. The van der Waals surface area contributed by atoms with Gasteiger partial charge in [0.15, 0.2) is 11.5 Å². The van der Waals surface area contributed by atoms with Crippen LogP contribution in [0.1, 0.15) is 5.56 Å². The molecule has 0 bridgehead atoms. The van der Waals surface area contributed by atoms with E-state index < -0.39 is 5.90 Å². The number of ether oxygens (including phenoxy) is 4. The van der Waals surface area contributed by atoms with Gasteiger partial charge in [0.1, 0.15) is 17.7 Å². The lowest BCUT2D eigenvalue weighted by molar-refractivity contribution is -0.763. The molecule has 0 aliphatic heterocycles. The Morgan fingerprint density at radius 1 is 1.05 bits per heavy atom. The van der Waals surface area contributed by atoms with Crippen molar-refractivity contribution in [3.8, 4) is 45.7 Å². The Balaban J connectivity index is 1.75. The molecule has 0 aliphatic rings. The van der Waals surface area contributed by atoms with Gasteiger partial charge in [-0.2, -0.15) is 5.26 Å². The highest BCUT2D eigenvalue weighted by Crippen LogP contribution is 2.43. The fraction of sp³-hybridized carbons (Fsp3) is 0.250. The SMILES string of the molecule is COCC[n+]1cc(/N=C(/[O-])CSc2nc(-c3ccccc3)cc(-c3cc(OC)c(OC)c(OC)c3)c2C#N)on1. The first-order valence-electron chi connectivity index (χ1n) is 12.0.